The number of rotatable bonds is 4. The van der Waals surface area contributed by atoms with Crippen molar-refractivity contribution in [1.29, 1.82) is 0 Å². The van der Waals surface area contributed by atoms with E-state index in [1.807, 2.05) is 43.0 Å². The zero-order valence-electron chi connectivity index (χ0n) is 14.9. The first-order chi connectivity index (χ1) is 12.1. The van der Waals surface area contributed by atoms with Crippen LogP contribution in [0.4, 0.5) is 0 Å². The van der Waals surface area contributed by atoms with Gasteiger partial charge in [0, 0.05) is 18.3 Å². The van der Waals surface area contributed by atoms with E-state index >= 15 is 0 Å². The van der Waals surface area contributed by atoms with Crippen LogP contribution in [0, 0.1) is 13.8 Å². The van der Waals surface area contributed by atoms with Gasteiger partial charge in [-0.2, -0.15) is 0 Å². The van der Waals surface area contributed by atoms with Crippen LogP contribution in [0.1, 0.15) is 28.7 Å². The minimum Gasteiger partial charge on any atom is -0.496 e. The molecule has 132 valence electrons. The lowest BCUT2D eigenvalue weighted by Crippen LogP contribution is -2.43. The van der Waals surface area contributed by atoms with Crippen LogP contribution in [-0.4, -0.2) is 47.6 Å². The number of benzene rings is 1. The van der Waals surface area contributed by atoms with Crippen LogP contribution in [0.2, 0.25) is 0 Å². The van der Waals surface area contributed by atoms with Gasteiger partial charge in [0.2, 0.25) is 5.91 Å². The van der Waals surface area contributed by atoms with E-state index in [9.17, 15) is 4.79 Å². The number of carbonyl (C=O) groups excluding carboxylic acids is 1. The van der Waals surface area contributed by atoms with Gasteiger partial charge in [-0.15, -0.1) is 0 Å². The average Bonchev–Trinajstić information content (AvgIpc) is 2.62. The van der Waals surface area contributed by atoms with E-state index in [0.29, 0.717) is 31.9 Å². The molecule has 1 atom stereocenters. The molecule has 0 saturated carbocycles. The lowest BCUT2D eigenvalue weighted by atomic mass is 10.1. The van der Waals surface area contributed by atoms with Gasteiger partial charge in [0.05, 0.1) is 32.4 Å². The fourth-order valence-corrected chi connectivity index (χ4v) is 3.03. The first kappa shape index (κ1) is 17.4. The van der Waals surface area contributed by atoms with Crippen LogP contribution >= 0.6 is 0 Å². The van der Waals surface area contributed by atoms with E-state index in [4.69, 9.17) is 9.47 Å². The minimum atomic E-state index is -0.209. The SMILES string of the molecule is COc1ccc(C)cc1CC(=O)N1CCO[C@H](c2ccnc(C)n2)C1. The fourth-order valence-electron chi connectivity index (χ4n) is 3.03. The lowest BCUT2D eigenvalue weighted by Gasteiger charge is -2.33. The molecule has 1 fully saturated rings. The maximum Gasteiger partial charge on any atom is 0.227 e. The third-order valence-electron chi connectivity index (χ3n) is 4.32. The molecule has 6 nitrogen and oxygen atoms in total. The van der Waals surface area contributed by atoms with Crippen molar-refractivity contribution in [2.24, 2.45) is 0 Å². The molecule has 1 aliphatic rings. The molecule has 1 aromatic carbocycles. The van der Waals surface area contributed by atoms with Crippen LogP contribution in [-0.2, 0) is 16.0 Å². The summed E-state index contributed by atoms with van der Waals surface area (Å²) in [6.07, 6.45) is 1.83. The normalized spacial score (nSPS) is 17.4. The Labute approximate surface area is 147 Å². The van der Waals surface area contributed by atoms with Gasteiger partial charge in [-0.25, -0.2) is 9.97 Å². The number of nitrogens with zero attached hydrogens (tertiary/aromatic N) is 3. The van der Waals surface area contributed by atoms with Gasteiger partial charge in [0.15, 0.2) is 0 Å². The zero-order chi connectivity index (χ0) is 17.8. The number of carbonyl (C=O) groups is 1. The summed E-state index contributed by atoms with van der Waals surface area (Å²) in [5, 5.41) is 0. The highest BCUT2D eigenvalue weighted by atomic mass is 16.5. The fraction of sp³-hybridized carbons (Fsp3) is 0.421. The summed E-state index contributed by atoms with van der Waals surface area (Å²) in [4.78, 5) is 23.1. The van der Waals surface area contributed by atoms with Crippen LogP contribution < -0.4 is 4.74 Å². The molecule has 2 heterocycles. The Morgan fingerprint density at radius 1 is 1.36 bits per heavy atom. The Kier molecular flexibility index (Phi) is 5.28. The van der Waals surface area contributed by atoms with Crippen molar-refractivity contribution in [1.82, 2.24) is 14.9 Å². The first-order valence-electron chi connectivity index (χ1n) is 8.39. The van der Waals surface area contributed by atoms with Crippen molar-refractivity contribution >= 4 is 5.91 Å². The third kappa shape index (κ3) is 4.14. The molecule has 6 heteroatoms. The molecular formula is C19H23N3O3. The van der Waals surface area contributed by atoms with Gasteiger partial charge >= 0.3 is 0 Å². The second-order valence-electron chi connectivity index (χ2n) is 6.22. The zero-order valence-corrected chi connectivity index (χ0v) is 14.9. The Bertz CT molecular complexity index is 763. The summed E-state index contributed by atoms with van der Waals surface area (Å²) in [7, 11) is 1.63. The molecule has 1 amide bonds. The molecule has 0 unspecified atom stereocenters. The number of methoxy groups -OCH3 is 1. The molecule has 0 radical (unpaired) electrons. The smallest absolute Gasteiger partial charge is 0.227 e. The Morgan fingerprint density at radius 2 is 2.20 bits per heavy atom. The van der Waals surface area contributed by atoms with Crippen LogP contribution in [0.25, 0.3) is 0 Å². The number of hydrogen-bond donors (Lipinski definition) is 0. The number of aryl methyl sites for hydroxylation is 2. The van der Waals surface area contributed by atoms with E-state index in [2.05, 4.69) is 9.97 Å². The predicted molar refractivity (Wildman–Crippen MR) is 93.5 cm³/mol. The molecule has 0 spiro atoms. The van der Waals surface area contributed by atoms with Crippen molar-refractivity contribution in [3.8, 4) is 5.75 Å². The van der Waals surface area contributed by atoms with Crippen molar-refractivity contribution in [2.45, 2.75) is 26.4 Å². The largest absolute Gasteiger partial charge is 0.496 e. The van der Waals surface area contributed by atoms with Crippen LogP contribution in [0.3, 0.4) is 0 Å². The highest BCUT2D eigenvalue weighted by molar-refractivity contribution is 5.79. The first-order valence-corrected chi connectivity index (χ1v) is 8.39. The highest BCUT2D eigenvalue weighted by Gasteiger charge is 2.27. The van der Waals surface area contributed by atoms with Gasteiger partial charge in [-0.3, -0.25) is 4.79 Å². The number of hydrogen-bond acceptors (Lipinski definition) is 5. The number of amides is 1. The quantitative estimate of drug-likeness (QED) is 0.853. The molecule has 2 aromatic rings. The highest BCUT2D eigenvalue weighted by Crippen LogP contribution is 2.24. The molecule has 1 aliphatic heterocycles. The summed E-state index contributed by atoms with van der Waals surface area (Å²) in [6.45, 7) is 5.45. The van der Waals surface area contributed by atoms with Gasteiger partial charge < -0.3 is 14.4 Å². The maximum atomic E-state index is 12.8. The number of ether oxygens (including phenoxy) is 2. The van der Waals surface area contributed by atoms with Crippen LogP contribution in [0.5, 0.6) is 5.75 Å². The number of aromatic nitrogens is 2. The van der Waals surface area contributed by atoms with E-state index < -0.39 is 0 Å². The molecule has 25 heavy (non-hydrogen) atoms. The standard InChI is InChI=1S/C19H23N3O3/c1-13-4-5-17(24-3)15(10-13)11-19(23)22-8-9-25-18(12-22)16-6-7-20-14(2)21-16/h4-7,10,18H,8-9,11-12H2,1-3H3/t18-/m0/s1. The molecule has 1 aromatic heterocycles. The topological polar surface area (TPSA) is 64.5 Å². The summed E-state index contributed by atoms with van der Waals surface area (Å²) in [5.41, 5.74) is 2.84. The van der Waals surface area contributed by atoms with Gasteiger partial charge in [-0.05, 0) is 26.0 Å². The molecular weight excluding hydrogens is 318 g/mol. The summed E-state index contributed by atoms with van der Waals surface area (Å²) in [6, 6.07) is 7.73. The second-order valence-corrected chi connectivity index (χ2v) is 6.22. The lowest BCUT2D eigenvalue weighted by molar-refractivity contribution is -0.138. The Hall–Kier alpha value is -2.47. The molecule has 0 N–H and O–H groups in total. The monoisotopic (exact) mass is 341 g/mol. The molecule has 1 saturated heterocycles. The summed E-state index contributed by atoms with van der Waals surface area (Å²) in [5.74, 6) is 1.52. The molecule has 3 rings (SSSR count). The Balaban J connectivity index is 1.71. The van der Waals surface area contributed by atoms with Crippen molar-refractivity contribution in [3.63, 3.8) is 0 Å². The van der Waals surface area contributed by atoms with E-state index in [0.717, 1.165) is 22.6 Å². The van der Waals surface area contributed by atoms with Crippen LogP contribution in [0.15, 0.2) is 30.5 Å². The minimum absolute atomic E-state index is 0.0722. The van der Waals surface area contributed by atoms with Crippen molar-refractivity contribution < 1.29 is 14.3 Å². The molecule has 0 bridgehead atoms. The number of morpholine rings is 1. The van der Waals surface area contributed by atoms with Gasteiger partial charge in [-0.1, -0.05) is 17.7 Å². The predicted octanol–water partition coefficient (Wildman–Crippen LogP) is 2.24. The second kappa shape index (κ2) is 7.61. The maximum absolute atomic E-state index is 12.8. The Morgan fingerprint density at radius 3 is 2.96 bits per heavy atom. The van der Waals surface area contributed by atoms with Gasteiger partial charge in [0.1, 0.15) is 17.7 Å². The average molecular weight is 341 g/mol. The van der Waals surface area contributed by atoms with E-state index in [1.54, 1.807) is 13.3 Å². The van der Waals surface area contributed by atoms with Crippen molar-refractivity contribution in [3.05, 3.63) is 53.1 Å². The van der Waals surface area contributed by atoms with Gasteiger partial charge in [0.25, 0.3) is 0 Å². The molecule has 0 aliphatic carbocycles. The van der Waals surface area contributed by atoms with Crippen molar-refractivity contribution in [2.75, 3.05) is 26.8 Å². The summed E-state index contributed by atoms with van der Waals surface area (Å²) < 4.78 is 11.2. The van der Waals surface area contributed by atoms with E-state index in [1.165, 1.54) is 0 Å². The van der Waals surface area contributed by atoms with E-state index in [-0.39, 0.29) is 12.0 Å². The third-order valence-corrected chi connectivity index (χ3v) is 4.32. The summed E-state index contributed by atoms with van der Waals surface area (Å²) >= 11 is 0.